The van der Waals surface area contributed by atoms with Crippen LogP contribution in [0.1, 0.15) is 25.3 Å². The number of fused-ring (bicyclic) bond motifs is 1. The number of nitrogens with zero attached hydrogens (tertiary/aromatic N) is 2. The van der Waals surface area contributed by atoms with Crippen LogP contribution in [0.2, 0.25) is 0 Å². The van der Waals surface area contributed by atoms with Gasteiger partial charge in [-0.2, -0.15) is 0 Å². The van der Waals surface area contributed by atoms with Crippen molar-refractivity contribution in [1.82, 2.24) is 9.80 Å². The van der Waals surface area contributed by atoms with Gasteiger partial charge in [-0.05, 0) is 44.4 Å². The number of benzene rings is 1. The first-order valence-corrected chi connectivity index (χ1v) is 7.41. The predicted octanol–water partition coefficient (Wildman–Crippen LogP) is 2.19. The van der Waals surface area contributed by atoms with E-state index >= 15 is 0 Å². The molecule has 2 heterocycles. The molecule has 2 atom stereocenters. The van der Waals surface area contributed by atoms with Crippen LogP contribution in [0, 0.1) is 6.92 Å². The number of imide groups is 1. The Morgan fingerprint density at radius 1 is 1.38 bits per heavy atom. The van der Waals surface area contributed by atoms with E-state index in [2.05, 4.69) is 0 Å². The average Bonchev–Trinajstić information content (AvgIpc) is 2.99. The molecule has 0 spiro atoms. The maximum atomic E-state index is 12.2. The van der Waals surface area contributed by atoms with E-state index < -0.39 is 0 Å². The molecule has 5 heteroatoms. The Hall–Kier alpha value is -2.04. The van der Waals surface area contributed by atoms with Gasteiger partial charge in [0.1, 0.15) is 17.9 Å². The molecule has 5 nitrogen and oxygen atoms in total. The third-order valence-corrected chi connectivity index (χ3v) is 4.05. The van der Waals surface area contributed by atoms with E-state index in [9.17, 15) is 9.59 Å². The van der Waals surface area contributed by atoms with Gasteiger partial charge in [-0.3, -0.25) is 9.69 Å². The van der Waals surface area contributed by atoms with Crippen molar-refractivity contribution in [3.05, 3.63) is 29.8 Å². The quantitative estimate of drug-likeness (QED) is 0.798. The Morgan fingerprint density at radius 3 is 2.90 bits per heavy atom. The predicted molar refractivity (Wildman–Crippen MR) is 78.1 cm³/mol. The largest absolute Gasteiger partial charge is 0.489 e. The number of rotatable bonds is 4. The molecule has 3 amide bonds. The zero-order valence-corrected chi connectivity index (χ0v) is 12.4. The summed E-state index contributed by atoms with van der Waals surface area (Å²) in [6, 6.07) is 7.36. The molecular weight excluding hydrogens is 268 g/mol. The van der Waals surface area contributed by atoms with Gasteiger partial charge in [0.05, 0.1) is 6.54 Å². The van der Waals surface area contributed by atoms with Gasteiger partial charge in [-0.15, -0.1) is 0 Å². The Labute approximate surface area is 124 Å². The van der Waals surface area contributed by atoms with Crippen LogP contribution in [-0.2, 0) is 4.79 Å². The third-order valence-electron chi connectivity index (χ3n) is 4.05. The molecule has 0 unspecified atom stereocenters. The minimum Gasteiger partial charge on any atom is -0.489 e. The highest BCUT2D eigenvalue weighted by atomic mass is 16.5. The van der Waals surface area contributed by atoms with Crippen LogP contribution in [0.4, 0.5) is 4.79 Å². The monoisotopic (exact) mass is 288 g/mol. The maximum Gasteiger partial charge on any atom is 0.327 e. The summed E-state index contributed by atoms with van der Waals surface area (Å²) in [5, 5.41) is 0. The number of ether oxygens (including phenoxy) is 1. The lowest BCUT2D eigenvalue weighted by Crippen LogP contribution is -2.39. The number of amides is 3. The van der Waals surface area contributed by atoms with Gasteiger partial charge in [0, 0.05) is 6.54 Å². The molecular formula is C16H20N2O3. The number of urea groups is 1. The van der Waals surface area contributed by atoms with Crippen molar-refractivity contribution in [1.29, 1.82) is 0 Å². The highest BCUT2D eigenvalue weighted by Gasteiger charge is 2.47. The van der Waals surface area contributed by atoms with Crippen molar-refractivity contribution < 1.29 is 14.3 Å². The number of hydrogen-bond donors (Lipinski definition) is 0. The van der Waals surface area contributed by atoms with Crippen molar-refractivity contribution in [2.24, 2.45) is 0 Å². The lowest BCUT2D eigenvalue weighted by atomic mass is 10.2. The molecule has 3 rings (SSSR count). The number of aryl methyl sites for hydroxylation is 1. The molecule has 21 heavy (non-hydrogen) atoms. The Morgan fingerprint density at radius 2 is 2.19 bits per heavy atom. The van der Waals surface area contributed by atoms with Crippen LogP contribution in [0.3, 0.4) is 0 Å². The number of carbonyl (C=O) groups excluding carboxylic acids is 2. The number of hydrogen-bond acceptors (Lipinski definition) is 3. The molecule has 2 fully saturated rings. The minimum absolute atomic E-state index is 0.0720. The zero-order chi connectivity index (χ0) is 15.0. The fourth-order valence-corrected chi connectivity index (χ4v) is 3.07. The molecule has 0 radical (unpaired) electrons. The molecule has 0 bridgehead atoms. The molecule has 112 valence electrons. The minimum atomic E-state index is -0.233. The standard InChI is InChI=1S/C16H20N2O3/c1-11-5-3-6-13(9-11)21-12(2)10-18-15(19)14-7-4-8-17(14)16(18)20/h3,5-6,9,12,14H,4,7-8,10H2,1-2H3/t12-,14+/m0/s1. The fourth-order valence-electron chi connectivity index (χ4n) is 3.07. The normalized spacial score (nSPS) is 22.7. The van der Waals surface area contributed by atoms with Gasteiger partial charge in [0.25, 0.3) is 5.91 Å². The lowest BCUT2D eigenvalue weighted by molar-refractivity contribution is -0.128. The Balaban J connectivity index is 1.64. The molecule has 1 aromatic rings. The van der Waals surface area contributed by atoms with Crippen LogP contribution in [0.5, 0.6) is 5.75 Å². The second-order valence-electron chi connectivity index (χ2n) is 5.83. The lowest BCUT2D eigenvalue weighted by Gasteiger charge is -2.21. The van der Waals surface area contributed by atoms with Gasteiger partial charge in [0.15, 0.2) is 0 Å². The van der Waals surface area contributed by atoms with Crippen molar-refractivity contribution >= 4 is 11.9 Å². The zero-order valence-electron chi connectivity index (χ0n) is 12.4. The number of carbonyl (C=O) groups is 2. The van der Waals surface area contributed by atoms with Crippen molar-refractivity contribution in [3.63, 3.8) is 0 Å². The molecule has 2 aliphatic rings. The molecule has 0 aromatic heterocycles. The maximum absolute atomic E-state index is 12.2. The summed E-state index contributed by atoms with van der Waals surface area (Å²) in [6.45, 7) is 4.88. The van der Waals surface area contributed by atoms with Gasteiger partial charge < -0.3 is 9.64 Å². The topological polar surface area (TPSA) is 49.9 Å². The first-order chi connectivity index (χ1) is 10.1. The van der Waals surface area contributed by atoms with Crippen LogP contribution in [0.25, 0.3) is 0 Å². The highest BCUT2D eigenvalue weighted by molar-refractivity contribution is 6.04. The second kappa shape index (κ2) is 5.39. The van der Waals surface area contributed by atoms with Gasteiger partial charge in [0.2, 0.25) is 0 Å². The molecule has 0 saturated carbocycles. The summed E-state index contributed by atoms with van der Waals surface area (Å²) in [6.07, 6.45) is 1.49. The van der Waals surface area contributed by atoms with Crippen molar-refractivity contribution in [2.45, 2.75) is 38.8 Å². The van der Waals surface area contributed by atoms with E-state index in [4.69, 9.17) is 4.74 Å². The summed E-state index contributed by atoms with van der Waals surface area (Å²) in [5.41, 5.74) is 1.12. The molecule has 0 N–H and O–H groups in total. The van der Waals surface area contributed by atoms with Crippen molar-refractivity contribution in [3.8, 4) is 5.75 Å². The summed E-state index contributed by atoms with van der Waals surface area (Å²) in [5.74, 6) is 0.694. The molecule has 2 saturated heterocycles. The summed E-state index contributed by atoms with van der Waals surface area (Å²) in [7, 11) is 0. The SMILES string of the molecule is Cc1cccc(O[C@@H](C)CN2C(=O)[C@H]3CCCN3C2=O)c1. The van der Waals surface area contributed by atoms with Crippen LogP contribution < -0.4 is 4.74 Å². The first kappa shape index (κ1) is 13.9. The molecule has 2 aliphatic heterocycles. The van der Waals surface area contributed by atoms with E-state index in [0.29, 0.717) is 13.1 Å². The average molecular weight is 288 g/mol. The Kier molecular flexibility index (Phi) is 3.57. The third kappa shape index (κ3) is 2.60. The van der Waals surface area contributed by atoms with Gasteiger partial charge in [-0.1, -0.05) is 12.1 Å². The fraction of sp³-hybridized carbons (Fsp3) is 0.500. The van der Waals surface area contributed by atoms with Crippen LogP contribution >= 0.6 is 0 Å². The summed E-state index contributed by atoms with van der Waals surface area (Å²) < 4.78 is 5.81. The molecule has 1 aromatic carbocycles. The van der Waals surface area contributed by atoms with E-state index in [-0.39, 0.29) is 24.1 Å². The first-order valence-electron chi connectivity index (χ1n) is 7.41. The van der Waals surface area contributed by atoms with Crippen molar-refractivity contribution in [2.75, 3.05) is 13.1 Å². The van der Waals surface area contributed by atoms with Crippen LogP contribution in [-0.4, -0.2) is 47.0 Å². The van der Waals surface area contributed by atoms with E-state index in [1.165, 1.54) is 4.90 Å². The van der Waals surface area contributed by atoms with E-state index in [0.717, 1.165) is 24.2 Å². The van der Waals surface area contributed by atoms with Gasteiger partial charge in [-0.25, -0.2) is 4.79 Å². The smallest absolute Gasteiger partial charge is 0.327 e. The summed E-state index contributed by atoms with van der Waals surface area (Å²) in [4.78, 5) is 27.5. The summed E-state index contributed by atoms with van der Waals surface area (Å²) >= 11 is 0. The second-order valence-corrected chi connectivity index (χ2v) is 5.83. The van der Waals surface area contributed by atoms with Crippen LogP contribution in [0.15, 0.2) is 24.3 Å². The Bertz CT molecular complexity index is 550. The molecule has 0 aliphatic carbocycles. The van der Waals surface area contributed by atoms with Gasteiger partial charge >= 0.3 is 6.03 Å². The highest BCUT2D eigenvalue weighted by Crippen LogP contribution is 2.27. The van der Waals surface area contributed by atoms with E-state index in [1.807, 2.05) is 38.1 Å². The van der Waals surface area contributed by atoms with E-state index in [1.54, 1.807) is 4.90 Å².